The first-order valence-corrected chi connectivity index (χ1v) is 11.7. The van der Waals surface area contributed by atoms with Gasteiger partial charge in [-0.15, -0.1) is 0 Å². The Bertz CT molecular complexity index is 665. The Morgan fingerprint density at radius 3 is 2.44 bits per heavy atom. The van der Waals surface area contributed by atoms with E-state index < -0.39 is 23.5 Å². The number of carbonyl (C=O) groups is 5. The Hall–Kier alpha value is -2.29. The fourth-order valence-corrected chi connectivity index (χ4v) is 3.88. The molecule has 9 heteroatoms. The van der Waals surface area contributed by atoms with Crippen molar-refractivity contribution in [1.29, 1.82) is 0 Å². The quantitative estimate of drug-likeness (QED) is 0.266. The third kappa shape index (κ3) is 7.39. The van der Waals surface area contributed by atoms with Crippen molar-refractivity contribution in [1.82, 2.24) is 20.9 Å². The number of carbonyl (C=O) groups excluding carboxylic acids is 5. The first-order valence-electron chi connectivity index (χ1n) is 11.7. The molecule has 5 atom stereocenters. The summed E-state index contributed by atoms with van der Waals surface area (Å²) < 4.78 is 0. The molecule has 3 N–H and O–H groups in total. The molecule has 0 aromatic carbocycles. The minimum Gasteiger partial charge on any atom is -0.343 e. The minimum atomic E-state index is -1.24. The maximum Gasteiger partial charge on any atom is 0.248 e. The van der Waals surface area contributed by atoms with E-state index >= 15 is 0 Å². The standard InChI is InChI=1S/C23H40N4O5/c1-6-16(3)19(15-29)27(5)22(32)23(4,7-2)26-21(31)18(11-8-9-14-28)25-20(30)17-12-10-13-24-17/h14-19,24H,6-13H2,1-5H3,(H,25,30)(H,26,31)/t16-,17+,18-,19+,23-/m0/s1. The highest BCUT2D eigenvalue weighted by molar-refractivity contribution is 5.95. The molecule has 32 heavy (non-hydrogen) atoms. The lowest BCUT2D eigenvalue weighted by molar-refractivity contribution is -0.145. The van der Waals surface area contributed by atoms with Gasteiger partial charge in [0.2, 0.25) is 17.7 Å². The van der Waals surface area contributed by atoms with E-state index in [0.29, 0.717) is 19.3 Å². The Kier molecular flexibility index (Phi) is 11.5. The van der Waals surface area contributed by atoms with Gasteiger partial charge >= 0.3 is 0 Å². The number of rotatable bonds is 14. The maximum absolute atomic E-state index is 13.3. The summed E-state index contributed by atoms with van der Waals surface area (Å²) >= 11 is 0. The van der Waals surface area contributed by atoms with Gasteiger partial charge in [0.05, 0.1) is 12.1 Å². The molecule has 0 unspecified atom stereocenters. The van der Waals surface area contributed by atoms with Crippen LogP contribution in [-0.2, 0) is 24.0 Å². The van der Waals surface area contributed by atoms with Crippen LogP contribution >= 0.6 is 0 Å². The summed E-state index contributed by atoms with van der Waals surface area (Å²) in [5, 5.41) is 8.70. The number of nitrogens with zero attached hydrogens (tertiary/aromatic N) is 1. The summed E-state index contributed by atoms with van der Waals surface area (Å²) in [6.45, 7) is 8.02. The van der Waals surface area contributed by atoms with Gasteiger partial charge in [0, 0.05) is 13.5 Å². The maximum atomic E-state index is 13.3. The topological polar surface area (TPSA) is 125 Å². The van der Waals surface area contributed by atoms with Crippen molar-refractivity contribution in [3.8, 4) is 0 Å². The molecule has 9 nitrogen and oxygen atoms in total. The molecule has 1 aliphatic rings. The van der Waals surface area contributed by atoms with Crippen LogP contribution in [0, 0.1) is 5.92 Å². The number of hydrogen-bond acceptors (Lipinski definition) is 6. The predicted molar refractivity (Wildman–Crippen MR) is 122 cm³/mol. The highest BCUT2D eigenvalue weighted by Crippen LogP contribution is 2.19. The summed E-state index contributed by atoms with van der Waals surface area (Å²) in [6.07, 6.45) is 5.19. The van der Waals surface area contributed by atoms with Gasteiger partial charge in [-0.1, -0.05) is 27.2 Å². The molecule has 1 saturated heterocycles. The normalized spacial score (nSPS) is 20.3. The highest BCUT2D eigenvalue weighted by Gasteiger charge is 2.40. The van der Waals surface area contributed by atoms with Crippen LogP contribution in [0.2, 0.25) is 0 Å². The van der Waals surface area contributed by atoms with Crippen LogP contribution in [0.1, 0.15) is 72.6 Å². The molecule has 1 aliphatic heterocycles. The van der Waals surface area contributed by atoms with Crippen LogP contribution in [0.3, 0.4) is 0 Å². The second kappa shape index (κ2) is 13.3. The molecule has 1 fully saturated rings. The Balaban J connectivity index is 2.98. The summed E-state index contributed by atoms with van der Waals surface area (Å²) in [5.41, 5.74) is -1.24. The van der Waals surface area contributed by atoms with Gasteiger partial charge in [0.25, 0.3) is 0 Å². The van der Waals surface area contributed by atoms with Crippen LogP contribution in [0.5, 0.6) is 0 Å². The van der Waals surface area contributed by atoms with Crippen molar-refractivity contribution >= 4 is 30.3 Å². The molecule has 182 valence electrons. The molecule has 0 radical (unpaired) electrons. The van der Waals surface area contributed by atoms with Crippen molar-refractivity contribution in [2.45, 2.75) is 96.3 Å². The number of amides is 3. The molecular formula is C23H40N4O5. The average molecular weight is 453 g/mol. The van der Waals surface area contributed by atoms with Crippen LogP contribution in [0.15, 0.2) is 0 Å². The number of aldehydes is 2. The summed E-state index contributed by atoms with van der Waals surface area (Å²) in [5.74, 6) is -1.11. The first-order chi connectivity index (χ1) is 15.1. The lowest BCUT2D eigenvalue weighted by Crippen LogP contribution is -2.62. The SMILES string of the molecule is CC[C@H](C)[C@@H](C=O)N(C)C(=O)[C@](C)(CC)NC(=O)[C@H](CCCC=O)NC(=O)[C@H]1CCCN1. The van der Waals surface area contributed by atoms with E-state index in [-0.39, 0.29) is 36.6 Å². The van der Waals surface area contributed by atoms with Gasteiger partial charge in [-0.25, -0.2) is 0 Å². The van der Waals surface area contributed by atoms with Gasteiger partial charge in [-0.2, -0.15) is 0 Å². The lowest BCUT2D eigenvalue weighted by Gasteiger charge is -2.37. The third-order valence-corrected chi connectivity index (χ3v) is 6.54. The van der Waals surface area contributed by atoms with E-state index in [0.717, 1.165) is 32.0 Å². The number of likely N-dealkylation sites (N-methyl/N-ethyl adjacent to an activating group) is 1. The van der Waals surface area contributed by atoms with Crippen molar-refractivity contribution in [2.24, 2.45) is 5.92 Å². The van der Waals surface area contributed by atoms with Crippen molar-refractivity contribution in [3.63, 3.8) is 0 Å². The number of hydrogen-bond donors (Lipinski definition) is 3. The Morgan fingerprint density at radius 2 is 1.94 bits per heavy atom. The molecule has 0 aromatic heterocycles. The van der Waals surface area contributed by atoms with E-state index in [1.165, 1.54) is 4.90 Å². The van der Waals surface area contributed by atoms with E-state index in [9.17, 15) is 24.0 Å². The summed E-state index contributed by atoms with van der Waals surface area (Å²) in [6, 6.07) is -1.79. The summed E-state index contributed by atoms with van der Waals surface area (Å²) in [7, 11) is 1.57. The van der Waals surface area contributed by atoms with Crippen LogP contribution in [0.4, 0.5) is 0 Å². The molecule has 0 bridgehead atoms. The van der Waals surface area contributed by atoms with E-state index in [1.807, 2.05) is 13.8 Å². The molecule has 1 rings (SSSR count). The molecule has 0 aromatic rings. The fraction of sp³-hybridized carbons (Fsp3) is 0.783. The van der Waals surface area contributed by atoms with Crippen LogP contribution < -0.4 is 16.0 Å². The fourth-order valence-electron chi connectivity index (χ4n) is 3.88. The molecule has 0 aliphatic carbocycles. The predicted octanol–water partition coefficient (Wildman–Crippen LogP) is 0.949. The van der Waals surface area contributed by atoms with Crippen LogP contribution in [0.25, 0.3) is 0 Å². The van der Waals surface area contributed by atoms with Crippen molar-refractivity contribution in [3.05, 3.63) is 0 Å². The van der Waals surface area contributed by atoms with Gasteiger partial charge in [-0.05, 0) is 51.5 Å². The van der Waals surface area contributed by atoms with Gasteiger partial charge < -0.3 is 30.4 Å². The molecule has 1 heterocycles. The van der Waals surface area contributed by atoms with Gasteiger partial charge in [0.15, 0.2) is 0 Å². The number of unbranched alkanes of at least 4 members (excludes halogenated alkanes) is 1. The second-order valence-corrected chi connectivity index (χ2v) is 8.91. The smallest absolute Gasteiger partial charge is 0.248 e. The first kappa shape index (κ1) is 27.7. The zero-order chi connectivity index (χ0) is 24.3. The van der Waals surface area contributed by atoms with Gasteiger partial charge in [0.1, 0.15) is 24.2 Å². The second-order valence-electron chi connectivity index (χ2n) is 8.91. The third-order valence-electron chi connectivity index (χ3n) is 6.54. The lowest BCUT2D eigenvalue weighted by atomic mass is 9.92. The molecule has 0 saturated carbocycles. The highest BCUT2D eigenvalue weighted by atomic mass is 16.2. The van der Waals surface area contributed by atoms with E-state index in [2.05, 4.69) is 16.0 Å². The molecular weight excluding hydrogens is 412 g/mol. The number of nitrogens with one attached hydrogen (secondary N) is 3. The van der Waals surface area contributed by atoms with E-state index in [4.69, 9.17) is 0 Å². The average Bonchev–Trinajstić information content (AvgIpc) is 3.33. The minimum absolute atomic E-state index is 0.0208. The van der Waals surface area contributed by atoms with Crippen LogP contribution in [-0.4, -0.2) is 72.5 Å². The zero-order valence-electron chi connectivity index (χ0n) is 20.1. The zero-order valence-corrected chi connectivity index (χ0v) is 20.1. The van der Waals surface area contributed by atoms with Crippen molar-refractivity contribution in [2.75, 3.05) is 13.6 Å². The van der Waals surface area contributed by atoms with Gasteiger partial charge in [-0.3, -0.25) is 14.4 Å². The van der Waals surface area contributed by atoms with Crippen molar-refractivity contribution < 1.29 is 24.0 Å². The largest absolute Gasteiger partial charge is 0.343 e. The molecule has 0 spiro atoms. The Labute approximate surface area is 191 Å². The van der Waals surface area contributed by atoms with E-state index in [1.54, 1.807) is 20.9 Å². The monoisotopic (exact) mass is 452 g/mol. The Morgan fingerprint density at radius 1 is 1.25 bits per heavy atom. The molecule has 3 amide bonds. The summed E-state index contributed by atoms with van der Waals surface area (Å²) in [4.78, 5) is 62.7.